The van der Waals surface area contributed by atoms with Crippen LogP contribution >= 0.6 is 15.9 Å². The molecule has 3 nitrogen and oxygen atoms in total. The summed E-state index contributed by atoms with van der Waals surface area (Å²) < 4.78 is 28.1. The number of aryl methyl sites for hydroxylation is 1. The van der Waals surface area contributed by atoms with E-state index in [4.69, 9.17) is 5.73 Å². The number of hydrogen-bond donors (Lipinski definition) is 1. The predicted molar refractivity (Wildman–Crippen MR) is 60.7 cm³/mol. The van der Waals surface area contributed by atoms with E-state index in [0.29, 0.717) is 11.5 Å². The van der Waals surface area contributed by atoms with Gasteiger partial charge in [-0.25, -0.2) is 8.78 Å². The summed E-state index contributed by atoms with van der Waals surface area (Å²) in [5.74, 6) is -0.904. The van der Waals surface area contributed by atoms with Gasteiger partial charge in [0.25, 0.3) is 0 Å². The molecule has 2 N–H and O–H groups in total. The maximum atomic E-state index is 13.5. The zero-order valence-electron chi connectivity index (χ0n) is 8.34. The van der Waals surface area contributed by atoms with Gasteiger partial charge < -0.3 is 5.73 Å². The Balaban J connectivity index is 2.60. The van der Waals surface area contributed by atoms with E-state index in [-0.39, 0.29) is 10.0 Å². The molecule has 16 heavy (non-hydrogen) atoms. The van der Waals surface area contributed by atoms with E-state index in [1.807, 2.05) is 0 Å². The fraction of sp³-hybridized carbons (Fsp3) is 0.100. The maximum absolute atomic E-state index is 13.5. The van der Waals surface area contributed by atoms with Crippen LogP contribution in [0.25, 0.3) is 11.3 Å². The van der Waals surface area contributed by atoms with E-state index >= 15 is 0 Å². The lowest BCUT2D eigenvalue weighted by atomic mass is 10.1. The molecule has 0 aliphatic rings. The van der Waals surface area contributed by atoms with Gasteiger partial charge in [-0.05, 0) is 22.0 Å². The Morgan fingerprint density at radius 2 is 1.94 bits per heavy atom. The Kier molecular flexibility index (Phi) is 2.67. The van der Waals surface area contributed by atoms with Crippen LogP contribution in [0.2, 0.25) is 0 Å². The van der Waals surface area contributed by atoms with Crippen LogP contribution in [-0.4, -0.2) is 9.78 Å². The van der Waals surface area contributed by atoms with Gasteiger partial charge in [0.05, 0.1) is 10.2 Å². The second-order valence-electron chi connectivity index (χ2n) is 3.32. The lowest BCUT2D eigenvalue weighted by molar-refractivity contribution is 0.580. The van der Waals surface area contributed by atoms with Crippen molar-refractivity contribution in [3.05, 3.63) is 34.3 Å². The first-order valence-corrected chi connectivity index (χ1v) is 5.23. The molecule has 1 heterocycles. The van der Waals surface area contributed by atoms with E-state index < -0.39 is 11.6 Å². The van der Waals surface area contributed by atoms with Crippen LogP contribution in [0.1, 0.15) is 0 Å². The number of benzene rings is 1. The third kappa shape index (κ3) is 1.80. The van der Waals surface area contributed by atoms with Crippen LogP contribution in [-0.2, 0) is 7.05 Å². The molecule has 2 aromatic rings. The summed E-state index contributed by atoms with van der Waals surface area (Å²) in [6, 6.07) is 3.68. The Morgan fingerprint density at radius 3 is 2.50 bits per heavy atom. The summed E-state index contributed by atoms with van der Waals surface area (Å²) in [4.78, 5) is 0. The first-order valence-electron chi connectivity index (χ1n) is 4.43. The fourth-order valence-corrected chi connectivity index (χ4v) is 1.68. The van der Waals surface area contributed by atoms with Crippen molar-refractivity contribution in [1.29, 1.82) is 0 Å². The quantitative estimate of drug-likeness (QED) is 0.820. The highest BCUT2D eigenvalue weighted by Gasteiger charge is 2.13. The first kappa shape index (κ1) is 11.1. The molecule has 0 aliphatic heterocycles. The average molecular weight is 288 g/mol. The highest BCUT2D eigenvalue weighted by Crippen LogP contribution is 2.28. The Bertz CT molecular complexity index is 532. The number of halogens is 3. The van der Waals surface area contributed by atoms with Gasteiger partial charge in [-0.1, -0.05) is 0 Å². The molecule has 2 rings (SSSR count). The second-order valence-corrected chi connectivity index (χ2v) is 4.18. The molecule has 0 spiro atoms. The normalized spacial score (nSPS) is 10.8. The number of rotatable bonds is 1. The summed E-state index contributed by atoms with van der Waals surface area (Å²) in [5.41, 5.74) is 6.17. The molecular weight excluding hydrogens is 280 g/mol. The minimum atomic E-state index is -0.668. The van der Waals surface area contributed by atoms with Gasteiger partial charge in [0.2, 0.25) is 0 Å². The molecule has 0 saturated heterocycles. The van der Waals surface area contributed by atoms with Crippen molar-refractivity contribution in [2.75, 3.05) is 5.73 Å². The minimum Gasteiger partial charge on any atom is -0.384 e. The van der Waals surface area contributed by atoms with E-state index in [9.17, 15) is 8.78 Å². The number of nitrogen functional groups attached to an aromatic ring is 1. The van der Waals surface area contributed by atoms with Crippen LogP contribution < -0.4 is 5.73 Å². The number of hydrogen-bond acceptors (Lipinski definition) is 2. The Morgan fingerprint density at radius 1 is 1.25 bits per heavy atom. The molecule has 0 unspecified atom stereocenters. The van der Waals surface area contributed by atoms with Crippen LogP contribution in [0.3, 0.4) is 0 Å². The van der Waals surface area contributed by atoms with E-state index in [1.54, 1.807) is 7.05 Å². The molecule has 0 aliphatic carbocycles. The van der Waals surface area contributed by atoms with Gasteiger partial charge in [-0.15, -0.1) is 0 Å². The van der Waals surface area contributed by atoms with Gasteiger partial charge in [-0.3, -0.25) is 4.68 Å². The van der Waals surface area contributed by atoms with Gasteiger partial charge in [0.15, 0.2) is 0 Å². The van der Waals surface area contributed by atoms with Crippen molar-refractivity contribution in [1.82, 2.24) is 9.78 Å². The lowest BCUT2D eigenvalue weighted by Crippen LogP contribution is -1.96. The van der Waals surface area contributed by atoms with Gasteiger partial charge in [-0.2, -0.15) is 5.10 Å². The molecule has 1 aromatic carbocycles. The molecule has 0 bridgehead atoms. The summed E-state index contributed by atoms with van der Waals surface area (Å²) >= 11 is 3.00. The molecular formula is C10H8BrF2N3. The van der Waals surface area contributed by atoms with Crippen LogP contribution in [0.5, 0.6) is 0 Å². The predicted octanol–water partition coefficient (Wildman–Crippen LogP) is 2.71. The maximum Gasteiger partial charge on any atom is 0.140 e. The highest BCUT2D eigenvalue weighted by atomic mass is 79.9. The summed E-state index contributed by atoms with van der Waals surface area (Å²) in [6.45, 7) is 0. The number of aromatic nitrogens is 2. The topological polar surface area (TPSA) is 43.8 Å². The van der Waals surface area contributed by atoms with Crippen LogP contribution in [0.4, 0.5) is 14.6 Å². The second kappa shape index (κ2) is 3.86. The lowest BCUT2D eigenvalue weighted by Gasteiger charge is -2.01. The number of nitrogens with zero attached hydrogens (tertiary/aromatic N) is 2. The van der Waals surface area contributed by atoms with E-state index in [0.717, 1.165) is 6.07 Å². The molecule has 0 radical (unpaired) electrons. The SMILES string of the molecule is Cn1nc(-c2cc(Br)c(F)cc2F)cc1N. The molecule has 84 valence electrons. The summed E-state index contributed by atoms with van der Waals surface area (Å²) in [6.07, 6.45) is 0. The number of anilines is 1. The van der Waals surface area contributed by atoms with Crippen molar-refractivity contribution in [2.45, 2.75) is 0 Å². The molecule has 0 amide bonds. The summed E-state index contributed by atoms with van der Waals surface area (Å²) in [7, 11) is 1.65. The zero-order chi connectivity index (χ0) is 11.9. The van der Waals surface area contributed by atoms with Crippen molar-refractivity contribution < 1.29 is 8.78 Å². The van der Waals surface area contributed by atoms with Crippen LogP contribution in [0, 0.1) is 11.6 Å². The van der Waals surface area contributed by atoms with Crippen molar-refractivity contribution in [3.63, 3.8) is 0 Å². The monoisotopic (exact) mass is 287 g/mol. The number of nitrogens with two attached hydrogens (primary N) is 1. The molecule has 0 saturated carbocycles. The average Bonchev–Trinajstić information content (AvgIpc) is 2.53. The fourth-order valence-electron chi connectivity index (χ4n) is 1.33. The van der Waals surface area contributed by atoms with Crippen molar-refractivity contribution >= 4 is 21.7 Å². The first-order chi connectivity index (χ1) is 7.49. The molecule has 0 atom stereocenters. The zero-order valence-corrected chi connectivity index (χ0v) is 9.92. The van der Waals surface area contributed by atoms with Crippen molar-refractivity contribution in [3.8, 4) is 11.3 Å². The van der Waals surface area contributed by atoms with E-state index in [2.05, 4.69) is 21.0 Å². The molecule has 6 heteroatoms. The molecule has 1 aromatic heterocycles. The Labute approximate surface area is 99.0 Å². The van der Waals surface area contributed by atoms with Gasteiger partial charge in [0.1, 0.15) is 17.5 Å². The third-order valence-corrected chi connectivity index (χ3v) is 2.81. The molecule has 0 fully saturated rings. The Hall–Kier alpha value is -1.43. The van der Waals surface area contributed by atoms with E-state index in [1.165, 1.54) is 16.8 Å². The van der Waals surface area contributed by atoms with Crippen molar-refractivity contribution in [2.24, 2.45) is 7.05 Å². The largest absolute Gasteiger partial charge is 0.384 e. The third-order valence-electron chi connectivity index (χ3n) is 2.20. The summed E-state index contributed by atoms with van der Waals surface area (Å²) in [5, 5.41) is 4.02. The highest BCUT2D eigenvalue weighted by molar-refractivity contribution is 9.10. The van der Waals surface area contributed by atoms with Crippen LogP contribution in [0.15, 0.2) is 22.7 Å². The van der Waals surface area contributed by atoms with Gasteiger partial charge >= 0.3 is 0 Å². The van der Waals surface area contributed by atoms with Gasteiger partial charge in [0, 0.05) is 24.7 Å². The minimum absolute atomic E-state index is 0.188. The standard InChI is InChI=1S/C10H8BrF2N3/c1-16-10(14)4-9(15-16)5-2-6(11)8(13)3-7(5)12/h2-4H,14H2,1H3. The smallest absolute Gasteiger partial charge is 0.140 e.